The largest absolute Gasteiger partial charge is 0.495 e. The second-order valence-corrected chi connectivity index (χ2v) is 10.6. The van der Waals surface area contributed by atoms with E-state index in [4.69, 9.17) is 21.1 Å². The van der Waals surface area contributed by atoms with E-state index in [9.17, 15) is 18.6 Å². The Balaban J connectivity index is 1.44. The maximum atomic E-state index is 12.7. The molecule has 4 unspecified atom stereocenters. The molecule has 11 heteroatoms. The molecule has 2 saturated heterocycles. The lowest BCUT2D eigenvalue weighted by Gasteiger charge is -2.41. The Morgan fingerprint density at radius 1 is 1.09 bits per heavy atom. The topological polar surface area (TPSA) is 112 Å². The van der Waals surface area contributed by atoms with Crippen molar-refractivity contribution in [3.05, 3.63) is 53.6 Å². The number of ether oxygens (including phenoxy) is 2. The number of piperazine rings is 1. The van der Waals surface area contributed by atoms with Gasteiger partial charge >= 0.3 is 0 Å². The summed E-state index contributed by atoms with van der Waals surface area (Å²) in [5.74, 6) is 0.801. The van der Waals surface area contributed by atoms with Crippen LogP contribution in [0, 0.1) is 0 Å². The summed E-state index contributed by atoms with van der Waals surface area (Å²) in [6.07, 6.45) is -2.33. The van der Waals surface area contributed by atoms with Gasteiger partial charge in [0.15, 0.2) is 0 Å². The first kappa shape index (κ1) is 25.2. The maximum absolute atomic E-state index is 12.7. The van der Waals surface area contributed by atoms with Gasteiger partial charge in [0, 0.05) is 37.7 Å². The molecule has 0 saturated carbocycles. The predicted molar refractivity (Wildman–Crippen MR) is 129 cm³/mol. The second-order valence-electron chi connectivity index (χ2n) is 8.38. The van der Waals surface area contributed by atoms with Gasteiger partial charge in [0.1, 0.15) is 18.0 Å². The lowest BCUT2D eigenvalue weighted by molar-refractivity contribution is -0.0201. The number of methoxy groups -OCH3 is 1. The third-order valence-corrected chi connectivity index (χ3v) is 8.09. The summed E-state index contributed by atoms with van der Waals surface area (Å²) in [4.78, 5) is 4.42. The first-order valence-electron chi connectivity index (χ1n) is 11.2. The molecule has 0 spiro atoms. The molecular weight excluding hydrogens is 482 g/mol. The van der Waals surface area contributed by atoms with Gasteiger partial charge in [0.05, 0.1) is 36.4 Å². The molecule has 3 N–H and O–H groups in total. The van der Waals surface area contributed by atoms with E-state index in [1.807, 2.05) is 24.3 Å². The summed E-state index contributed by atoms with van der Waals surface area (Å²) in [6.45, 7) is 2.31. The first-order valence-corrected chi connectivity index (χ1v) is 13.0. The summed E-state index contributed by atoms with van der Waals surface area (Å²) < 4.78 is 39.4. The van der Waals surface area contributed by atoms with Gasteiger partial charge in [0.25, 0.3) is 0 Å². The lowest BCUT2D eigenvalue weighted by Crippen LogP contribution is -2.57. The fraction of sp³-hybridized carbons (Fsp3) is 0.478. The molecule has 0 radical (unpaired) electrons. The van der Waals surface area contributed by atoms with Crippen molar-refractivity contribution >= 4 is 27.3 Å². The molecule has 2 aliphatic rings. The molecule has 4 atom stereocenters. The zero-order valence-electron chi connectivity index (χ0n) is 18.9. The van der Waals surface area contributed by atoms with E-state index in [0.29, 0.717) is 31.2 Å². The van der Waals surface area contributed by atoms with Crippen molar-refractivity contribution in [3.8, 4) is 5.75 Å². The van der Waals surface area contributed by atoms with E-state index in [2.05, 4.69) is 14.5 Å². The molecule has 2 aromatic rings. The fourth-order valence-electron chi connectivity index (χ4n) is 4.64. The zero-order valence-corrected chi connectivity index (χ0v) is 20.5. The number of rotatable bonds is 8. The highest BCUT2D eigenvalue weighted by molar-refractivity contribution is 7.89. The number of hydrogen-bond donors (Lipinski definition) is 3. The smallest absolute Gasteiger partial charge is 0.240 e. The van der Waals surface area contributed by atoms with Gasteiger partial charge in [-0.15, -0.1) is 0 Å². The number of nitrogens with one attached hydrogen (secondary N) is 1. The van der Waals surface area contributed by atoms with Crippen LogP contribution in [0.1, 0.15) is 0 Å². The van der Waals surface area contributed by atoms with Gasteiger partial charge in [-0.1, -0.05) is 23.7 Å². The van der Waals surface area contributed by atoms with Crippen molar-refractivity contribution in [2.45, 2.75) is 29.2 Å². The van der Waals surface area contributed by atoms with Crippen molar-refractivity contribution in [1.82, 2.24) is 9.62 Å². The summed E-state index contributed by atoms with van der Waals surface area (Å²) in [5, 5.41) is 21.0. The third-order valence-electron chi connectivity index (χ3n) is 6.40. The summed E-state index contributed by atoms with van der Waals surface area (Å²) in [7, 11) is -2.14. The van der Waals surface area contributed by atoms with E-state index >= 15 is 0 Å². The number of aliphatic hydroxyl groups excluding tert-OH is 2. The SMILES string of the molecule is COc1ccccc1N1CCN(C2C(CNS(=O)(=O)c3ccc(Cl)cc3)OC(CO)C2O)CC1. The highest BCUT2D eigenvalue weighted by Gasteiger charge is 2.47. The molecule has 2 aliphatic heterocycles. The number of benzene rings is 2. The molecule has 186 valence electrons. The predicted octanol–water partition coefficient (Wildman–Crippen LogP) is 0.938. The van der Waals surface area contributed by atoms with Gasteiger partial charge < -0.3 is 24.6 Å². The number of sulfonamides is 1. The van der Waals surface area contributed by atoms with Gasteiger partial charge in [-0.3, -0.25) is 4.90 Å². The van der Waals surface area contributed by atoms with Crippen LogP contribution < -0.4 is 14.4 Å². The van der Waals surface area contributed by atoms with Crippen molar-refractivity contribution in [1.29, 1.82) is 0 Å². The van der Waals surface area contributed by atoms with Gasteiger partial charge in [-0.25, -0.2) is 13.1 Å². The molecule has 4 rings (SSSR count). The van der Waals surface area contributed by atoms with E-state index in [-0.39, 0.29) is 18.0 Å². The quantitative estimate of drug-likeness (QED) is 0.480. The highest BCUT2D eigenvalue weighted by atomic mass is 35.5. The molecule has 0 amide bonds. The summed E-state index contributed by atoms with van der Waals surface area (Å²) >= 11 is 5.86. The number of hydrogen-bond acceptors (Lipinski definition) is 8. The normalized spacial score (nSPS) is 26.1. The van der Waals surface area contributed by atoms with Crippen LogP contribution in [0.15, 0.2) is 53.4 Å². The van der Waals surface area contributed by atoms with Crippen LogP contribution in [-0.4, -0.2) is 94.3 Å². The first-order chi connectivity index (χ1) is 16.3. The lowest BCUT2D eigenvalue weighted by atomic mass is 10.0. The van der Waals surface area contributed by atoms with Crippen molar-refractivity contribution in [2.75, 3.05) is 51.3 Å². The molecule has 9 nitrogen and oxygen atoms in total. The summed E-state index contributed by atoms with van der Waals surface area (Å²) in [5.41, 5.74) is 1.01. The number of anilines is 1. The second kappa shape index (κ2) is 10.8. The minimum atomic E-state index is -3.79. The number of halogens is 1. The Bertz CT molecular complexity index is 1060. The third kappa shape index (κ3) is 5.33. The van der Waals surface area contributed by atoms with Crippen LogP contribution in [-0.2, 0) is 14.8 Å². The standard InChI is InChI=1S/C23H30ClN3O6S/c1-32-19-5-3-2-4-18(19)26-10-12-27(13-11-26)22-20(33-21(15-28)23(22)29)14-25-34(30,31)17-8-6-16(24)7-9-17/h2-9,20-23,25,28-29H,10-15H2,1H3. The van der Waals surface area contributed by atoms with E-state index in [0.717, 1.165) is 11.4 Å². The van der Waals surface area contributed by atoms with E-state index in [1.165, 1.54) is 24.3 Å². The number of nitrogens with zero attached hydrogens (tertiary/aromatic N) is 2. The van der Waals surface area contributed by atoms with Crippen molar-refractivity contribution in [2.24, 2.45) is 0 Å². The Morgan fingerprint density at radius 3 is 2.41 bits per heavy atom. The fourth-order valence-corrected chi connectivity index (χ4v) is 5.81. The van der Waals surface area contributed by atoms with Gasteiger partial charge in [-0.05, 0) is 36.4 Å². The monoisotopic (exact) mass is 511 g/mol. The van der Waals surface area contributed by atoms with Crippen molar-refractivity contribution in [3.63, 3.8) is 0 Å². The van der Waals surface area contributed by atoms with E-state index < -0.39 is 34.4 Å². The Kier molecular flexibility index (Phi) is 7.98. The van der Waals surface area contributed by atoms with Crippen LogP contribution in [0.4, 0.5) is 5.69 Å². The minimum Gasteiger partial charge on any atom is -0.495 e. The molecule has 0 aliphatic carbocycles. The molecule has 2 heterocycles. The van der Waals surface area contributed by atoms with Crippen molar-refractivity contribution < 1.29 is 28.1 Å². The summed E-state index contributed by atoms with van der Waals surface area (Å²) in [6, 6.07) is 13.3. The van der Waals surface area contributed by atoms with Gasteiger partial charge in [-0.2, -0.15) is 0 Å². The van der Waals surface area contributed by atoms with Crippen LogP contribution in [0.25, 0.3) is 0 Å². The highest BCUT2D eigenvalue weighted by Crippen LogP contribution is 2.31. The molecule has 0 aromatic heterocycles. The molecule has 2 aromatic carbocycles. The minimum absolute atomic E-state index is 0.0318. The average Bonchev–Trinajstić information content (AvgIpc) is 3.18. The van der Waals surface area contributed by atoms with Crippen LogP contribution >= 0.6 is 11.6 Å². The number of aliphatic hydroxyl groups is 2. The Morgan fingerprint density at radius 2 is 1.76 bits per heavy atom. The Labute approximate surface area is 204 Å². The Hall–Kier alpha value is -1.92. The molecule has 2 fully saturated rings. The van der Waals surface area contributed by atoms with Crippen LogP contribution in [0.3, 0.4) is 0 Å². The zero-order chi connectivity index (χ0) is 24.3. The molecular formula is C23H30ClN3O6S. The van der Waals surface area contributed by atoms with Crippen LogP contribution in [0.5, 0.6) is 5.75 Å². The average molecular weight is 512 g/mol. The molecule has 34 heavy (non-hydrogen) atoms. The molecule has 0 bridgehead atoms. The maximum Gasteiger partial charge on any atom is 0.240 e. The van der Waals surface area contributed by atoms with Crippen LogP contribution in [0.2, 0.25) is 5.02 Å². The number of para-hydroxylation sites is 2. The van der Waals surface area contributed by atoms with Gasteiger partial charge in [0.2, 0.25) is 10.0 Å². The van der Waals surface area contributed by atoms with E-state index in [1.54, 1.807) is 7.11 Å².